The highest BCUT2D eigenvalue weighted by atomic mass is 15.1. The first-order valence-electron chi connectivity index (χ1n) is 6.61. The molecule has 1 atom stereocenters. The summed E-state index contributed by atoms with van der Waals surface area (Å²) in [5.74, 6) is 1.46. The van der Waals surface area contributed by atoms with Gasteiger partial charge in [-0.2, -0.15) is 4.98 Å². The lowest BCUT2D eigenvalue weighted by molar-refractivity contribution is 0.758. The Labute approximate surface area is 114 Å². The quantitative estimate of drug-likeness (QED) is 0.855. The van der Waals surface area contributed by atoms with Gasteiger partial charge in [0.25, 0.3) is 0 Å². The third kappa shape index (κ3) is 3.68. The smallest absolute Gasteiger partial charge is 0.229 e. The number of aromatic nitrogens is 2. The molecule has 1 aromatic heterocycles. The molecule has 0 aliphatic rings. The third-order valence-electron chi connectivity index (χ3n) is 3.05. The largest absolute Gasteiger partial charge is 0.367 e. The normalized spacial score (nSPS) is 11.9. The van der Waals surface area contributed by atoms with E-state index in [1.54, 1.807) is 6.20 Å². The zero-order valence-electron chi connectivity index (χ0n) is 11.6. The average molecular weight is 256 g/mol. The highest BCUT2D eigenvalue weighted by molar-refractivity contribution is 5.58. The summed E-state index contributed by atoms with van der Waals surface area (Å²) < 4.78 is 0. The van der Waals surface area contributed by atoms with Crippen molar-refractivity contribution in [3.05, 3.63) is 42.1 Å². The van der Waals surface area contributed by atoms with Crippen molar-refractivity contribution >= 4 is 17.5 Å². The number of nitrogens with one attached hydrogen (secondary N) is 2. The Bertz CT molecular complexity index is 539. The van der Waals surface area contributed by atoms with Crippen LogP contribution in [-0.4, -0.2) is 16.0 Å². The second-order valence-corrected chi connectivity index (χ2v) is 4.66. The van der Waals surface area contributed by atoms with E-state index >= 15 is 0 Å². The van der Waals surface area contributed by atoms with Crippen LogP contribution in [0.1, 0.15) is 25.8 Å². The van der Waals surface area contributed by atoms with Gasteiger partial charge in [0, 0.05) is 17.9 Å². The van der Waals surface area contributed by atoms with E-state index < -0.39 is 0 Å². The van der Waals surface area contributed by atoms with E-state index in [2.05, 4.69) is 47.4 Å². The van der Waals surface area contributed by atoms with Gasteiger partial charge in [-0.3, -0.25) is 0 Å². The molecule has 0 amide bonds. The second kappa shape index (κ2) is 6.18. The predicted molar refractivity (Wildman–Crippen MR) is 79.9 cm³/mol. The summed E-state index contributed by atoms with van der Waals surface area (Å²) in [6.45, 7) is 6.34. The van der Waals surface area contributed by atoms with Crippen molar-refractivity contribution in [3.8, 4) is 0 Å². The van der Waals surface area contributed by atoms with Crippen LogP contribution in [0.5, 0.6) is 0 Å². The first-order chi connectivity index (χ1) is 9.19. The molecule has 2 rings (SSSR count). The Morgan fingerprint density at radius 2 is 2.00 bits per heavy atom. The summed E-state index contributed by atoms with van der Waals surface area (Å²) in [6, 6.07) is 10.4. The molecule has 1 aromatic carbocycles. The molecule has 1 heterocycles. The lowest BCUT2D eigenvalue weighted by Gasteiger charge is -2.13. The maximum absolute atomic E-state index is 4.46. The topological polar surface area (TPSA) is 49.8 Å². The predicted octanol–water partition coefficient (Wildman–Crippen LogP) is 3.74. The van der Waals surface area contributed by atoms with Gasteiger partial charge < -0.3 is 10.6 Å². The molecule has 0 aliphatic carbocycles. The lowest BCUT2D eigenvalue weighted by Crippen LogP contribution is -2.15. The van der Waals surface area contributed by atoms with E-state index in [1.165, 1.54) is 5.56 Å². The van der Waals surface area contributed by atoms with Crippen molar-refractivity contribution in [1.29, 1.82) is 0 Å². The van der Waals surface area contributed by atoms with Crippen LogP contribution in [0.4, 0.5) is 17.5 Å². The first kappa shape index (κ1) is 13.3. The summed E-state index contributed by atoms with van der Waals surface area (Å²) in [6.07, 6.45) is 2.82. The van der Waals surface area contributed by atoms with E-state index in [9.17, 15) is 0 Å². The summed E-state index contributed by atoms with van der Waals surface area (Å²) >= 11 is 0. The number of para-hydroxylation sites is 1. The number of anilines is 3. The molecule has 0 spiro atoms. The van der Waals surface area contributed by atoms with Gasteiger partial charge in [0.15, 0.2) is 0 Å². The van der Waals surface area contributed by atoms with Gasteiger partial charge in [-0.05, 0) is 38.0 Å². The monoisotopic (exact) mass is 256 g/mol. The van der Waals surface area contributed by atoms with Crippen LogP contribution in [0.15, 0.2) is 36.5 Å². The van der Waals surface area contributed by atoms with Crippen LogP contribution < -0.4 is 10.6 Å². The zero-order chi connectivity index (χ0) is 13.7. The molecule has 0 bridgehead atoms. The van der Waals surface area contributed by atoms with E-state index in [0.29, 0.717) is 12.0 Å². The van der Waals surface area contributed by atoms with Gasteiger partial charge in [0.1, 0.15) is 5.82 Å². The summed E-state index contributed by atoms with van der Waals surface area (Å²) in [4.78, 5) is 8.71. The summed E-state index contributed by atoms with van der Waals surface area (Å²) in [5, 5.41) is 6.58. The zero-order valence-corrected chi connectivity index (χ0v) is 11.6. The number of hydrogen-bond donors (Lipinski definition) is 2. The SMILES string of the molecule is CCC(C)Nc1ccnc(Nc2ccccc2C)n1. The van der Waals surface area contributed by atoms with E-state index in [4.69, 9.17) is 0 Å². The maximum Gasteiger partial charge on any atom is 0.229 e. The molecule has 2 aromatic rings. The fourth-order valence-electron chi connectivity index (χ4n) is 1.69. The Morgan fingerprint density at radius 3 is 2.74 bits per heavy atom. The van der Waals surface area contributed by atoms with Crippen molar-refractivity contribution in [1.82, 2.24) is 9.97 Å². The molecule has 100 valence electrons. The van der Waals surface area contributed by atoms with Crippen LogP contribution >= 0.6 is 0 Å². The standard InChI is InChI=1S/C15H20N4/c1-4-12(3)17-14-9-10-16-15(19-14)18-13-8-6-5-7-11(13)2/h5-10,12H,4H2,1-3H3,(H2,16,17,18,19). The van der Waals surface area contributed by atoms with Crippen LogP contribution in [0.3, 0.4) is 0 Å². The van der Waals surface area contributed by atoms with Gasteiger partial charge in [-0.25, -0.2) is 4.98 Å². The number of hydrogen-bond acceptors (Lipinski definition) is 4. The number of benzene rings is 1. The van der Waals surface area contributed by atoms with Gasteiger partial charge >= 0.3 is 0 Å². The Morgan fingerprint density at radius 1 is 1.21 bits per heavy atom. The average Bonchev–Trinajstić information content (AvgIpc) is 2.42. The minimum absolute atomic E-state index is 0.404. The van der Waals surface area contributed by atoms with Crippen molar-refractivity contribution in [2.75, 3.05) is 10.6 Å². The molecule has 0 saturated carbocycles. The van der Waals surface area contributed by atoms with Crippen LogP contribution in [0.25, 0.3) is 0 Å². The molecule has 0 saturated heterocycles. The molecule has 4 nitrogen and oxygen atoms in total. The highest BCUT2D eigenvalue weighted by Gasteiger charge is 2.03. The fraction of sp³-hybridized carbons (Fsp3) is 0.333. The van der Waals surface area contributed by atoms with Gasteiger partial charge in [-0.1, -0.05) is 25.1 Å². The summed E-state index contributed by atoms with van der Waals surface area (Å²) in [5.41, 5.74) is 2.20. The van der Waals surface area contributed by atoms with E-state index in [0.717, 1.165) is 17.9 Å². The molecule has 4 heteroatoms. The molecular formula is C15H20N4. The fourth-order valence-corrected chi connectivity index (χ4v) is 1.69. The van der Waals surface area contributed by atoms with Gasteiger partial charge in [0.2, 0.25) is 5.95 Å². The van der Waals surface area contributed by atoms with Gasteiger partial charge in [-0.15, -0.1) is 0 Å². The Kier molecular flexibility index (Phi) is 4.34. The van der Waals surface area contributed by atoms with Crippen LogP contribution in [-0.2, 0) is 0 Å². The highest BCUT2D eigenvalue weighted by Crippen LogP contribution is 2.18. The molecule has 2 N–H and O–H groups in total. The number of nitrogens with zero attached hydrogens (tertiary/aromatic N) is 2. The number of aryl methyl sites for hydroxylation is 1. The van der Waals surface area contributed by atoms with Crippen molar-refractivity contribution < 1.29 is 0 Å². The molecule has 0 aliphatic heterocycles. The van der Waals surface area contributed by atoms with Crippen molar-refractivity contribution in [2.45, 2.75) is 33.2 Å². The Balaban J connectivity index is 2.13. The molecular weight excluding hydrogens is 236 g/mol. The van der Waals surface area contributed by atoms with Gasteiger partial charge in [0.05, 0.1) is 0 Å². The maximum atomic E-state index is 4.46. The van der Waals surface area contributed by atoms with Crippen molar-refractivity contribution in [2.24, 2.45) is 0 Å². The minimum atomic E-state index is 0.404. The molecule has 0 radical (unpaired) electrons. The van der Waals surface area contributed by atoms with E-state index in [1.807, 2.05) is 24.3 Å². The first-order valence-corrected chi connectivity index (χ1v) is 6.61. The molecule has 19 heavy (non-hydrogen) atoms. The van der Waals surface area contributed by atoms with Crippen molar-refractivity contribution in [3.63, 3.8) is 0 Å². The second-order valence-electron chi connectivity index (χ2n) is 4.66. The third-order valence-corrected chi connectivity index (χ3v) is 3.05. The van der Waals surface area contributed by atoms with Crippen LogP contribution in [0.2, 0.25) is 0 Å². The Hall–Kier alpha value is -2.10. The molecule has 1 unspecified atom stereocenters. The summed E-state index contributed by atoms with van der Waals surface area (Å²) in [7, 11) is 0. The minimum Gasteiger partial charge on any atom is -0.367 e. The molecule has 0 fully saturated rings. The van der Waals surface area contributed by atoms with E-state index in [-0.39, 0.29) is 0 Å². The number of rotatable bonds is 5. The lowest BCUT2D eigenvalue weighted by atomic mass is 10.2. The van der Waals surface area contributed by atoms with Crippen LogP contribution in [0, 0.1) is 6.92 Å².